The molecular weight excluding hydrogens is 486 g/mol. The summed E-state index contributed by atoms with van der Waals surface area (Å²) in [6, 6.07) is 20.4. The molecule has 0 atom stereocenters. The summed E-state index contributed by atoms with van der Waals surface area (Å²) in [7, 11) is 0. The van der Waals surface area contributed by atoms with Gasteiger partial charge in [-0.05, 0) is 41.6 Å². The van der Waals surface area contributed by atoms with Gasteiger partial charge in [0.25, 0.3) is 0 Å². The van der Waals surface area contributed by atoms with Gasteiger partial charge in [-0.25, -0.2) is 4.79 Å². The molecule has 1 aromatic heterocycles. The lowest BCUT2D eigenvalue weighted by molar-refractivity contribution is -0.134. The van der Waals surface area contributed by atoms with Gasteiger partial charge in [-0.3, -0.25) is 4.79 Å². The van der Waals surface area contributed by atoms with Crippen molar-refractivity contribution in [2.75, 3.05) is 0 Å². The zero-order chi connectivity index (χ0) is 27.5. The first-order chi connectivity index (χ1) is 19.1. The summed E-state index contributed by atoms with van der Waals surface area (Å²) in [5.74, 6) is 0.233. The molecule has 4 rings (SSSR count). The van der Waals surface area contributed by atoms with Crippen molar-refractivity contribution in [1.29, 1.82) is 5.26 Å². The van der Waals surface area contributed by atoms with Crippen molar-refractivity contribution >= 4 is 27.7 Å². The van der Waals surface area contributed by atoms with Gasteiger partial charge in [0.1, 0.15) is 23.0 Å². The molecule has 0 unspecified atom stereocenters. The first-order valence-electron chi connectivity index (χ1n) is 14.3. The number of carbonyl (C=O) groups excluding carboxylic acids is 1. The standard InChI is InChI=1S/C34H37NO4/c1-2-3-4-5-6-7-8-9-10-11-15-18-31(36)38-27-20-22-28-26(23-27)19-21-29-32(25-16-13-12-14-17-25)30(24-35)34(37)39-33(28)29/h12-14,16-17,19-23H,2-11,15,18H2,1H3. The minimum Gasteiger partial charge on any atom is -0.427 e. The van der Waals surface area contributed by atoms with Crippen LogP contribution < -0.4 is 10.4 Å². The van der Waals surface area contributed by atoms with Gasteiger partial charge in [-0.1, -0.05) is 108 Å². The van der Waals surface area contributed by atoms with Crippen LogP contribution in [0.25, 0.3) is 32.9 Å². The van der Waals surface area contributed by atoms with Crippen LogP contribution in [0.2, 0.25) is 0 Å². The predicted molar refractivity (Wildman–Crippen MR) is 157 cm³/mol. The van der Waals surface area contributed by atoms with E-state index in [0.29, 0.717) is 28.7 Å². The van der Waals surface area contributed by atoms with Gasteiger partial charge in [0.2, 0.25) is 0 Å². The Hall–Kier alpha value is -3.91. The Bertz CT molecular complexity index is 1500. The molecule has 0 aliphatic carbocycles. The Morgan fingerprint density at radius 3 is 2.13 bits per heavy atom. The number of fused-ring (bicyclic) bond motifs is 3. The largest absolute Gasteiger partial charge is 0.427 e. The number of ether oxygens (including phenoxy) is 1. The number of unbranched alkanes of at least 4 members (excludes halogenated alkanes) is 10. The van der Waals surface area contributed by atoms with Gasteiger partial charge in [0.15, 0.2) is 0 Å². The normalized spacial score (nSPS) is 11.1. The molecule has 0 amide bonds. The molecule has 1 heterocycles. The lowest BCUT2D eigenvalue weighted by atomic mass is 9.95. The first-order valence-corrected chi connectivity index (χ1v) is 14.3. The monoisotopic (exact) mass is 523 g/mol. The van der Waals surface area contributed by atoms with Crippen molar-refractivity contribution in [2.45, 2.75) is 84.0 Å². The van der Waals surface area contributed by atoms with Crippen LogP contribution in [0, 0.1) is 11.3 Å². The van der Waals surface area contributed by atoms with Gasteiger partial charge in [0, 0.05) is 22.8 Å². The zero-order valence-corrected chi connectivity index (χ0v) is 22.8. The van der Waals surface area contributed by atoms with Crippen LogP contribution in [0.15, 0.2) is 69.9 Å². The lowest BCUT2D eigenvalue weighted by Gasteiger charge is -2.11. The van der Waals surface area contributed by atoms with E-state index in [0.717, 1.165) is 35.6 Å². The maximum absolute atomic E-state index is 12.7. The molecule has 0 N–H and O–H groups in total. The second-order valence-electron chi connectivity index (χ2n) is 10.2. The average molecular weight is 524 g/mol. The smallest absolute Gasteiger partial charge is 0.354 e. The van der Waals surface area contributed by atoms with E-state index in [4.69, 9.17) is 9.15 Å². The molecule has 5 nitrogen and oxygen atoms in total. The molecule has 4 aromatic rings. The number of rotatable bonds is 14. The molecule has 0 fully saturated rings. The van der Waals surface area contributed by atoms with E-state index in [2.05, 4.69) is 6.92 Å². The summed E-state index contributed by atoms with van der Waals surface area (Å²) in [5, 5.41) is 11.8. The number of benzene rings is 3. The quantitative estimate of drug-likeness (QED) is 0.0541. The number of nitriles is 1. The van der Waals surface area contributed by atoms with Crippen LogP contribution in [0.3, 0.4) is 0 Å². The second kappa shape index (κ2) is 14.3. The molecule has 0 aliphatic heterocycles. The van der Waals surface area contributed by atoms with Crippen LogP contribution in [0.1, 0.15) is 89.5 Å². The van der Waals surface area contributed by atoms with E-state index < -0.39 is 5.63 Å². The van der Waals surface area contributed by atoms with Gasteiger partial charge >= 0.3 is 11.6 Å². The second-order valence-corrected chi connectivity index (χ2v) is 10.2. The van der Waals surface area contributed by atoms with E-state index in [1.54, 1.807) is 18.2 Å². The molecule has 0 bridgehead atoms. The van der Waals surface area contributed by atoms with Crippen molar-refractivity contribution in [2.24, 2.45) is 0 Å². The fourth-order valence-corrected chi connectivity index (χ4v) is 5.15. The molecule has 0 aliphatic rings. The summed E-state index contributed by atoms with van der Waals surface area (Å²) in [6.45, 7) is 2.25. The summed E-state index contributed by atoms with van der Waals surface area (Å²) in [6.07, 6.45) is 14.0. The van der Waals surface area contributed by atoms with Crippen molar-refractivity contribution < 1.29 is 13.9 Å². The predicted octanol–water partition coefficient (Wildman–Crippen LogP) is 9.09. The first kappa shape index (κ1) is 28.1. The number of nitrogens with zero attached hydrogens (tertiary/aromatic N) is 1. The van der Waals surface area contributed by atoms with Crippen molar-refractivity contribution in [1.82, 2.24) is 0 Å². The van der Waals surface area contributed by atoms with Crippen molar-refractivity contribution in [3.8, 4) is 22.9 Å². The molecule has 3 aromatic carbocycles. The van der Waals surface area contributed by atoms with Crippen LogP contribution in [-0.4, -0.2) is 5.97 Å². The highest BCUT2D eigenvalue weighted by atomic mass is 16.5. The Kier molecular flexibility index (Phi) is 10.3. The number of hydrogen-bond acceptors (Lipinski definition) is 5. The molecule has 0 saturated heterocycles. The third-order valence-corrected chi connectivity index (χ3v) is 7.25. The van der Waals surface area contributed by atoms with Gasteiger partial charge in [0.05, 0.1) is 0 Å². The van der Waals surface area contributed by atoms with E-state index in [9.17, 15) is 14.9 Å². The summed E-state index contributed by atoms with van der Waals surface area (Å²) in [5.41, 5.74) is 1.07. The molecule has 0 spiro atoms. The minimum atomic E-state index is -0.668. The van der Waals surface area contributed by atoms with Gasteiger partial charge in [-0.15, -0.1) is 0 Å². The van der Waals surface area contributed by atoms with E-state index in [1.165, 1.54) is 51.4 Å². The number of hydrogen-bond donors (Lipinski definition) is 0. The molecule has 5 heteroatoms. The minimum absolute atomic E-state index is 0.0130. The number of esters is 1. The Labute approximate surface area is 230 Å². The van der Waals surface area contributed by atoms with Crippen molar-refractivity contribution in [3.63, 3.8) is 0 Å². The fraction of sp³-hybridized carbons (Fsp3) is 0.382. The third-order valence-electron chi connectivity index (χ3n) is 7.25. The van der Waals surface area contributed by atoms with Gasteiger partial charge < -0.3 is 9.15 Å². The highest BCUT2D eigenvalue weighted by Crippen LogP contribution is 2.35. The third kappa shape index (κ3) is 7.35. The van der Waals surface area contributed by atoms with Crippen LogP contribution in [0.5, 0.6) is 5.75 Å². The Morgan fingerprint density at radius 1 is 0.821 bits per heavy atom. The topological polar surface area (TPSA) is 80.3 Å². The van der Waals surface area contributed by atoms with E-state index >= 15 is 0 Å². The van der Waals surface area contributed by atoms with Crippen LogP contribution in [0.4, 0.5) is 0 Å². The van der Waals surface area contributed by atoms with Gasteiger partial charge in [-0.2, -0.15) is 5.26 Å². The number of carbonyl (C=O) groups is 1. The summed E-state index contributed by atoms with van der Waals surface area (Å²) in [4.78, 5) is 25.1. The van der Waals surface area contributed by atoms with E-state index in [1.807, 2.05) is 48.5 Å². The summed E-state index contributed by atoms with van der Waals surface area (Å²) < 4.78 is 11.2. The molecule has 202 valence electrons. The zero-order valence-electron chi connectivity index (χ0n) is 22.8. The van der Waals surface area contributed by atoms with Crippen molar-refractivity contribution in [3.05, 3.63) is 76.6 Å². The van der Waals surface area contributed by atoms with Crippen LogP contribution in [-0.2, 0) is 4.79 Å². The highest BCUT2D eigenvalue weighted by molar-refractivity contribution is 6.10. The molecular formula is C34H37NO4. The average Bonchev–Trinajstić information content (AvgIpc) is 2.95. The maximum atomic E-state index is 12.7. The molecule has 0 saturated carbocycles. The fourth-order valence-electron chi connectivity index (χ4n) is 5.15. The van der Waals surface area contributed by atoms with E-state index in [-0.39, 0.29) is 11.5 Å². The highest BCUT2D eigenvalue weighted by Gasteiger charge is 2.18. The lowest BCUT2D eigenvalue weighted by Crippen LogP contribution is -2.08. The summed E-state index contributed by atoms with van der Waals surface area (Å²) >= 11 is 0. The maximum Gasteiger partial charge on any atom is 0.354 e. The Morgan fingerprint density at radius 2 is 1.46 bits per heavy atom. The van der Waals surface area contributed by atoms with Crippen LogP contribution >= 0.6 is 0 Å². The Balaban J connectivity index is 1.36. The molecule has 0 radical (unpaired) electrons. The SMILES string of the molecule is CCCCCCCCCCCCCC(=O)Oc1ccc2c(ccc3c(-c4ccccc4)c(C#N)c(=O)oc32)c1. The molecule has 39 heavy (non-hydrogen) atoms.